The Morgan fingerprint density at radius 3 is 2.60 bits per heavy atom. The van der Waals surface area contributed by atoms with E-state index < -0.39 is 11.5 Å². The van der Waals surface area contributed by atoms with Crippen LogP contribution in [-0.4, -0.2) is 15.9 Å². The van der Waals surface area contributed by atoms with Crippen LogP contribution in [0.3, 0.4) is 0 Å². The first-order valence-corrected chi connectivity index (χ1v) is 6.41. The lowest BCUT2D eigenvalue weighted by atomic mass is 10.1. The van der Waals surface area contributed by atoms with Crippen LogP contribution in [0.25, 0.3) is 0 Å². The Morgan fingerprint density at radius 1 is 1.30 bits per heavy atom. The fourth-order valence-electron chi connectivity index (χ4n) is 1.95. The van der Waals surface area contributed by atoms with Gasteiger partial charge in [0.15, 0.2) is 0 Å². The number of carbonyl (C=O) groups is 1. The Morgan fingerprint density at radius 2 is 2.00 bits per heavy atom. The Balaban J connectivity index is 2.36. The Labute approximate surface area is 121 Å². The average molecular weight is 292 g/mol. The van der Waals surface area contributed by atoms with Crippen LogP contribution in [0.2, 0.25) is 5.02 Å². The first-order valence-electron chi connectivity index (χ1n) is 6.03. The van der Waals surface area contributed by atoms with Crippen LogP contribution in [-0.2, 0) is 0 Å². The molecule has 2 rings (SSSR count). The Kier molecular flexibility index (Phi) is 3.90. The fourth-order valence-corrected chi connectivity index (χ4v) is 2.17. The minimum absolute atomic E-state index is 0.0185. The van der Waals surface area contributed by atoms with Gasteiger partial charge in [0, 0.05) is 10.7 Å². The number of aromatic amines is 1. The third-order valence-corrected chi connectivity index (χ3v) is 3.12. The summed E-state index contributed by atoms with van der Waals surface area (Å²) in [5.41, 5.74) is 1.40. The molecule has 0 saturated heterocycles. The van der Waals surface area contributed by atoms with Gasteiger partial charge in [0.25, 0.3) is 11.5 Å². The molecule has 1 aromatic heterocycles. The van der Waals surface area contributed by atoms with Crippen molar-refractivity contribution in [3.05, 3.63) is 56.2 Å². The molecule has 0 bridgehead atoms. The van der Waals surface area contributed by atoms with Crippen LogP contribution in [0.4, 0.5) is 5.69 Å². The van der Waals surface area contributed by atoms with Crippen molar-refractivity contribution in [1.82, 2.24) is 9.97 Å². The molecule has 104 valence electrons. The van der Waals surface area contributed by atoms with Gasteiger partial charge in [-0.2, -0.15) is 0 Å². The summed E-state index contributed by atoms with van der Waals surface area (Å²) in [5, 5.41) is 3.29. The van der Waals surface area contributed by atoms with Gasteiger partial charge >= 0.3 is 0 Å². The fraction of sp³-hybridized carbons (Fsp3) is 0.214. The predicted molar refractivity (Wildman–Crippen MR) is 78.5 cm³/mol. The van der Waals surface area contributed by atoms with Gasteiger partial charge in [-0.1, -0.05) is 11.6 Å². The number of benzene rings is 1. The van der Waals surface area contributed by atoms with Crippen molar-refractivity contribution in [1.29, 1.82) is 0 Å². The number of hydrogen-bond acceptors (Lipinski definition) is 3. The van der Waals surface area contributed by atoms with E-state index in [1.807, 2.05) is 6.92 Å². The minimum Gasteiger partial charge on any atom is -0.322 e. The highest BCUT2D eigenvalue weighted by atomic mass is 35.5. The molecule has 0 saturated carbocycles. The van der Waals surface area contributed by atoms with E-state index in [4.69, 9.17) is 11.6 Å². The summed E-state index contributed by atoms with van der Waals surface area (Å²) in [6.07, 6.45) is 0. The smallest absolute Gasteiger partial charge is 0.264 e. The molecule has 20 heavy (non-hydrogen) atoms. The third kappa shape index (κ3) is 2.88. The molecular formula is C14H14ClN3O2. The Bertz CT molecular complexity index is 738. The number of halogens is 1. The number of H-pyrrole nitrogens is 1. The number of aromatic nitrogens is 2. The first kappa shape index (κ1) is 14.3. The molecule has 2 aromatic rings. The lowest BCUT2D eigenvalue weighted by molar-refractivity contribution is 0.102. The number of aryl methyl sites for hydroxylation is 3. The molecule has 0 fully saturated rings. The number of carbonyl (C=O) groups excluding carboxylic acids is 1. The van der Waals surface area contributed by atoms with Crippen molar-refractivity contribution in [2.24, 2.45) is 0 Å². The summed E-state index contributed by atoms with van der Waals surface area (Å²) in [4.78, 5) is 30.7. The SMILES string of the molecule is Cc1nc(C)c(C(=O)Nc2ccc(Cl)cc2C)c(=O)[nH]1. The van der Waals surface area contributed by atoms with Crippen molar-refractivity contribution in [2.45, 2.75) is 20.8 Å². The maximum Gasteiger partial charge on any atom is 0.264 e. The van der Waals surface area contributed by atoms with Gasteiger partial charge < -0.3 is 10.3 Å². The lowest BCUT2D eigenvalue weighted by Crippen LogP contribution is -2.26. The van der Waals surface area contributed by atoms with Gasteiger partial charge in [0.1, 0.15) is 11.4 Å². The molecule has 6 heteroatoms. The molecule has 0 radical (unpaired) electrons. The highest BCUT2D eigenvalue weighted by Gasteiger charge is 2.16. The molecule has 0 aliphatic rings. The van der Waals surface area contributed by atoms with Crippen molar-refractivity contribution in [3.8, 4) is 0 Å². The molecule has 1 heterocycles. The topological polar surface area (TPSA) is 74.8 Å². The van der Waals surface area contributed by atoms with Gasteiger partial charge in [-0.15, -0.1) is 0 Å². The van der Waals surface area contributed by atoms with Crippen molar-refractivity contribution >= 4 is 23.2 Å². The third-order valence-electron chi connectivity index (χ3n) is 2.88. The summed E-state index contributed by atoms with van der Waals surface area (Å²) in [6, 6.07) is 5.11. The number of hydrogen-bond donors (Lipinski definition) is 2. The summed E-state index contributed by atoms with van der Waals surface area (Å²) >= 11 is 5.86. The van der Waals surface area contributed by atoms with E-state index in [2.05, 4.69) is 15.3 Å². The maximum absolute atomic E-state index is 12.2. The molecule has 0 atom stereocenters. The second kappa shape index (κ2) is 5.46. The highest BCUT2D eigenvalue weighted by molar-refractivity contribution is 6.30. The summed E-state index contributed by atoms with van der Waals surface area (Å²) in [7, 11) is 0. The van der Waals surface area contributed by atoms with E-state index in [9.17, 15) is 9.59 Å². The largest absolute Gasteiger partial charge is 0.322 e. The van der Waals surface area contributed by atoms with Crippen LogP contribution in [0.1, 0.15) is 27.4 Å². The minimum atomic E-state index is -0.485. The van der Waals surface area contributed by atoms with E-state index in [1.54, 1.807) is 32.0 Å². The van der Waals surface area contributed by atoms with Crippen LogP contribution in [0.5, 0.6) is 0 Å². The molecule has 0 aliphatic heterocycles. The number of amides is 1. The van der Waals surface area contributed by atoms with Crippen molar-refractivity contribution in [2.75, 3.05) is 5.32 Å². The molecular weight excluding hydrogens is 278 g/mol. The zero-order valence-corrected chi connectivity index (χ0v) is 12.1. The van der Waals surface area contributed by atoms with Gasteiger partial charge in [-0.25, -0.2) is 4.98 Å². The van der Waals surface area contributed by atoms with Gasteiger partial charge in [0.2, 0.25) is 0 Å². The maximum atomic E-state index is 12.2. The quantitative estimate of drug-likeness (QED) is 0.893. The van der Waals surface area contributed by atoms with E-state index >= 15 is 0 Å². The zero-order chi connectivity index (χ0) is 14.9. The molecule has 2 N–H and O–H groups in total. The van der Waals surface area contributed by atoms with Crippen LogP contribution < -0.4 is 10.9 Å². The molecule has 0 unspecified atom stereocenters. The standard InChI is InChI=1S/C14H14ClN3O2/c1-7-6-10(15)4-5-11(7)18-14(20)12-8(2)16-9(3)17-13(12)19/h4-6H,1-3H3,(H,18,20)(H,16,17,19). The Hall–Kier alpha value is -2.14. The van der Waals surface area contributed by atoms with Gasteiger partial charge in [0.05, 0.1) is 5.69 Å². The van der Waals surface area contributed by atoms with E-state index in [0.717, 1.165) is 5.56 Å². The van der Waals surface area contributed by atoms with E-state index in [1.165, 1.54) is 0 Å². The van der Waals surface area contributed by atoms with Crippen LogP contribution in [0, 0.1) is 20.8 Å². The molecule has 0 aliphatic carbocycles. The molecule has 5 nitrogen and oxygen atoms in total. The van der Waals surface area contributed by atoms with E-state index in [0.29, 0.717) is 22.2 Å². The molecule has 0 spiro atoms. The number of anilines is 1. The van der Waals surface area contributed by atoms with Gasteiger partial charge in [-0.05, 0) is 44.5 Å². The summed E-state index contributed by atoms with van der Waals surface area (Å²) < 4.78 is 0. The first-order chi connectivity index (χ1) is 9.38. The molecule has 1 amide bonds. The second-order valence-corrected chi connectivity index (χ2v) is 4.96. The van der Waals surface area contributed by atoms with Crippen molar-refractivity contribution in [3.63, 3.8) is 0 Å². The lowest BCUT2D eigenvalue weighted by Gasteiger charge is -2.09. The number of nitrogens with zero attached hydrogens (tertiary/aromatic N) is 1. The molecule has 1 aromatic carbocycles. The zero-order valence-electron chi connectivity index (χ0n) is 11.4. The van der Waals surface area contributed by atoms with Crippen LogP contribution >= 0.6 is 11.6 Å². The van der Waals surface area contributed by atoms with Crippen LogP contribution in [0.15, 0.2) is 23.0 Å². The van der Waals surface area contributed by atoms with E-state index in [-0.39, 0.29) is 5.56 Å². The highest BCUT2D eigenvalue weighted by Crippen LogP contribution is 2.20. The number of rotatable bonds is 2. The van der Waals surface area contributed by atoms with Crippen molar-refractivity contribution < 1.29 is 4.79 Å². The van der Waals surface area contributed by atoms with Gasteiger partial charge in [-0.3, -0.25) is 9.59 Å². The summed E-state index contributed by atoms with van der Waals surface area (Å²) in [6.45, 7) is 5.12. The number of nitrogens with one attached hydrogen (secondary N) is 2. The normalized spacial score (nSPS) is 10.4. The second-order valence-electron chi connectivity index (χ2n) is 4.53. The predicted octanol–water partition coefficient (Wildman–Crippen LogP) is 2.60. The monoisotopic (exact) mass is 291 g/mol. The average Bonchev–Trinajstić information content (AvgIpc) is 2.31. The summed E-state index contributed by atoms with van der Waals surface area (Å²) in [5.74, 6) is -0.00611.